The zero-order valence-electron chi connectivity index (χ0n) is 15.6. The van der Waals surface area contributed by atoms with Crippen molar-refractivity contribution in [3.8, 4) is 17.2 Å². The highest BCUT2D eigenvalue weighted by Crippen LogP contribution is 2.28. The maximum Gasteiger partial charge on any atom is 0.331 e. The van der Waals surface area contributed by atoms with Gasteiger partial charge in [0.25, 0.3) is 0 Å². The number of rotatable bonds is 9. The van der Waals surface area contributed by atoms with Gasteiger partial charge in [-0.2, -0.15) is 0 Å². The monoisotopic (exact) mass is 370 g/mol. The number of ether oxygens (including phenoxy) is 4. The topological polar surface area (TPSA) is 71.1 Å². The molecule has 0 atom stereocenters. The minimum Gasteiger partial charge on any atom is -0.496 e. The molecule has 0 spiro atoms. The van der Waals surface area contributed by atoms with E-state index in [1.54, 1.807) is 55.7 Å². The van der Waals surface area contributed by atoms with Crippen molar-refractivity contribution in [3.63, 3.8) is 0 Å². The van der Waals surface area contributed by atoms with Gasteiger partial charge in [-0.3, -0.25) is 4.79 Å². The summed E-state index contributed by atoms with van der Waals surface area (Å²) in [5.41, 5.74) is 1.11. The zero-order chi connectivity index (χ0) is 19.6. The Morgan fingerprint density at radius 2 is 1.70 bits per heavy atom. The van der Waals surface area contributed by atoms with Gasteiger partial charge in [0.2, 0.25) is 5.78 Å². The molecule has 0 fully saturated rings. The zero-order valence-corrected chi connectivity index (χ0v) is 15.6. The first-order valence-corrected chi connectivity index (χ1v) is 8.41. The fourth-order valence-electron chi connectivity index (χ4n) is 2.36. The molecule has 6 heteroatoms. The molecule has 142 valence electrons. The molecule has 0 saturated heterocycles. The highest BCUT2D eigenvalue weighted by Gasteiger charge is 2.13. The summed E-state index contributed by atoms with van der Waals surface area (Å²) in [5, 5.41) is 0. The summed E-state index contributed by atoms with van der Waals surface area (Å²) in [6, 6.07) is 12.1. The summed E-state index contributed by atoms with van der Waals surface area (Å²) in [5.74, 6) is 0.680. The van der Waals surface area contributed by atoms with E-state index in [-0.39, 0.29) is 12.4 Å². The molecule has 0 aromatic heterocycles. The molecule has 0 radical (unpaired) electrons. The fraction of sp³-hybridized carbons (Fsp3) is 0.238. The molecule has 0 bridgehead atoms. The van der Waals surface area contributed by atoms with Gasteiger partial charge in [-0.25, -0.2) is 4.79 Å². The van der Waals surface area contributed by atoms with Gasteiger partial charge in [-0.05, 0) is 42.8 Å². The number of benzene rings is 2. The average molecular weight is 370 g/mol. The van der Waals surface area contributed by atoms with E-state index in [1.165, 1.54) is 13.2 Å². The number of Topliss-reactive ketones (excluding diaryl/α,β-unsaturated/α-hetero) is 1. The smallest absolute Gasteiger partial charge is 0.331 e. The third-order valence-electron chi connectivity index (χ3n) is 3.65. The number of hydrogen-bond donors (Lipinski definition) is 0. The molecule has 0 saturated carbocycles. The molecule has 6 nitrogen and oxygen atoms in total. The summed E-state index contributed by atoms with van der Waals surface area (Å²) in [4.78, 5) is 24.1. The van der Waals surface area contributed by atoms with Crippen LogP contribution in [0.2, 0.25) is 0 Å². The summed E-state index contributed by atoms with van der Waals surface area (Å²) < 4.78 is 20.9. The number of carbonyl (C=O) groups is 2. The predicted molar refractivity (Wildman–Crippen MR) is 101 cm³/mol. The van der Waals surface area contributed by atoms with Crippen LogP contribution in [0.15, 0.2) is 48.5 Å². The number of para-hydroxylation sites is 1. The van der Waals surface area contributed by atoms with Crippen LogP contribution >= 0.6 is 0 Å². The van der Waals surface area contributed by atoms with Gasteiger partial charge in [0.05, 0.1) is 26.4 Å². The lowest BCUT2D eigenvalue weighted by atomic mass is 10.1. The molecule has 2 rings (SSSR count). The molecule has 0 N–H and O–H groups in total. The van der Waals surface area contributed by atoms with Gasteiger partial charge in [-0.15, -0.1) is 0 Å². The quantitative estimate of drug-likeness (QED) is 0.382. The number of methoxy groups -OCH3 is 2. The minimum atomic E-state index is -0.619. The first-order chi connectivity index (χ1) is 13.1. The van der Waals surface area contributed by atoms with Gasteiger partial charge in [0, 0.05) is 6.08 Å². The van der Waals surface area contributed by atoms with E-state index in [9.17, 15) is 9.59 Å². The van der Waals surface area contributed by atoms with Crippen LogP contribution in [0, 0.1) is 0 Å². The van der Waals surface area contributed by atoms with E-state index < -0.39 is 5.97 Å². The number of esters is 1. The van der Waals surface area contributed by atoms with Crippen LogP contribution in [-0.2, 0) is 9.53 Å². The molecule has 2 aromatic carbocycles. The molecule has 27 heavy (non-hydrogen) atoms. The highest BCUT2D eigenvalue weighted by atomic mass is 16.5. The lowest BCUT2D eigenvalue weighted by Gasteiger charge is -2.09. The SMILES string of the molecule is CCOc1ccc(C=CC(=O)OCC(=O)c2ccccc2OC)cc1OC. The Hall–Kier alpha value is -3.28. The molecule has 0 amide bonds. The third kappa shape index (κ3) is 5.60. The van der Waals surface area contributed by atoms with Gasteiger partial charge >= 0.3 is 5.97 Å². The molecular weight excluding hydrogens is 348 g/mol. The molecule has 0 aliphatic rings. The van der Waals surface area contributed by atoms with Crippen molar-refractivity contribution in [2.24, 2.45) is 0 Å². The van der Waals surface area contributed by atoms with Gasteiger partial charge in [0.1, 0.15) is 5.75 Å². The minimum absolute atomic E-state index is 0.336. The van der Waals surface area contributed by atoms with Crippen LogP contribution in [0.4, 0.5) is 0 Å². The van der Waals surface area contributed by atoms with Crippen molar-refractivity contribution in [3.05, 3.63) is 59.7 Å². The van der Waals surface area contributed by atoms with E-state index in [2.05, 4.69) is 0 Å². The normalized spacial score (nSPS) is 10.5. The summed E-state index contributed by atoms with van der Waals surface area (Å²) >= 11 is 0. The second kappa shape index (κ2) is 10.0. The summed E-state index contributed by atoms with van der Waals surface area (Å²) in [6.45, 7) is 2.05. The summed E-state index contributed by atoms with van der Waals surface area (Å²) in [6.07, 6.45) is 2.83. The van der Waals surface area contributed by atoms with Crippen LogP contribution in [0.5, 0.6) is 17.2 Å². The van der Waals surface area contributed by atoms with Crippen molar-refractivity contribution < 1.29 is 28.5 Å². The summed E-state index contributed by atoms with van der Waals surface area (Å²) in [7, 11) is 3.02. The number of hydrogen-bond acceptors (Lipinski definition) is 6. The van der Waals surface area contributed by atoms with Gasteiger partial charge < -0.3 is 18.9 Å². The Morgan fingerprint density at radius 3 is 2.41 bits per heavy atom. The second-order valence-electron chi connectivity index (χ2n) is 5.41. The Kier molecular flexibility index (Phi) is 7.43. The molecule has 0 unspecified atom stereocenters. The van der Waals surface area contributed by atoms with Crippen molar-refractivity contribution in [1.82, 2.24) is 0 Å². The van der Waals surface area contributed by atoms with Crippen LogP contribution < -0.4 is 14.2 Å². The van der Waals surface area contributed by atoms with Crippen molar-refractivity contribution in [2.45, 2.75) is 6.92 Å². The molecule has 0 aliphatic heterocycles. The van der Waals surface area contributed by atoms with Crippen molar-refractivity contribution in [1.29, 1.82) is 0 Å². The van der Waals surface area contributed by atoms with E-state index in [0.29, 0.717) is 29.4 Å². The Labute approximate surface area is 158 Å². The van der Waals surface area contributed by atoms with Crippen LogP contribution in [0.1, 0.15) is 22.8 Å². The van der Waals surface area contributed by atoms with Crippen LogP contribution in [0.3, 0.4) is 0 Å². The standard InChI is InChI=1S/C21H22O6/c1-4-26-19-11-9-15(13-20(19)25-3)10-12-21(23)27-14-17(22)16-7-5-6-8-18(16)24-2/h5-13H,4,14H2,1-3H3. The van der Waals surface area contributed by atoms with E-state index in [1.807, 2.05) is 6.92 Å². The number of carbonyl (C=O) groups excluding carboxylic acids is 2. The fourth-order valence-corrected chi connectivity index (χ4v) is 2.36. The largest absolute Gasteiger partial charge is 0.496 e. The van der Waals surface area contributed by atoms with Crippen molar-refractivity contribution >= 4 is 17.8 Å². The maximum atomic E-state index is 12.2. The predicted octanol–water partition coefficient (Wildman–Crippen LogP) is 3.54. The Morgan fingerprint density at radius 1 is 0.963 bits per heavy atom. The van der Waals surface area contributed by atoms with Crippen LogP contribution in [0.25, 0.3) is 6.08 Å². The van der Waals surface area contributed by atoms with Crippen molar-refractivity contribution in [2.75, 3.05) is 27.4 Å². The first kappa shape index (κ1) is 20.0. The Bertz CT molecular complexity index is 825. The number of ketones is 1. The molecular formula is C21H22O6. The lowest BCUT2D eigenvalue weighted by molar-refractivity contribution is -0.136. The average Bonchev–Trinajstić information content (AvgIpc) is 2.71. The van der Waals surface area contributed by atoms with E-state index in [4.69, 9.17) is 18.9 Å². The maximum absolute atomic E-state index is 12.2. The molecule has 2 aromatic rings. The second-order valence-corrected chi connectivity index (χ2v) is 5.41. The third-order valence-corrected chi connectivity index (χ3v) is 3.65. The lowest BCUT2D eigenvalue weighted by Crippen LogP contribution is -2.13. The first-order valence-electron chi connectivity index (χ1n) is 8.41. The van der Waals surface area contributed by atoms with E-state index in [0.717, 1.165) is 5.56 Å². The molecule has 0 aliphatic carbocycles. The Balaban J connectivity index is 1.96. The van der Waals surface area contributed by atoms with E-state index >= 15 is 0 Å². The molecule has 0 heterocycles. The van der Waals surface area contributed by atoms with Crippen LogP contribution in [-0.4, -0.2) is 39.2 Å². The van der Waals surface area contributed by atoms with Gasteiger partial charge in [0.15, 0.2) is 18.1 Å². The highest BCUT2D eigenvalue weighted by molar-refractivity contribution is 6.01. The van der Waals surface area contributed by atoms with Gasteiger partial charge in [-0.1, -0.05) is 18.2 Å².